The zero-order valence-electron chi connectivity index (χ0n) is 32.6. The molecule has 0 saturated heterocycles. The second-order valence-corrected chi connectivity index (χ2v) is 14.3. The van der Waals surface area contributed by atoms with Crippen molar-refractivity contribution in [3.63, 3.8) is 0 Å². The summed E-state index contributed by atoms with van der Waals surface area (Å²) in [5.74, 6) is -0.837. The second kappa shape index (κ2) is 22.5. The Bertz CT molecular complexity index is 1850. The zero-order chi connectivity index (χ0) is 41.2. The number of amides is 2. The Kier molecular flexibility index (Phi) is 18.9. The zero-order valence-corrected chi connectivity index (χ0v) is 33.4. The number of aliphatic hydroxyl groups excluding tert-OH is 1. The number of pyridine rings is 1. The number of carboxylic acids is 1. The first-order valence-electron chi connectivity index (χ1n) is 18.3. The van der Waals surface area contributed by atoms with E-state index in [1.54, 1.807) is 30.8 Å². The number of anilines is 2. The van der Waals surface area contributed by atoms with Crippen molar-refractivity contribution in [2.75, 3.05) is 29.9 Å². The Morgan fingerprint density at radius 2 is 1.47 bits per heavy atom. The van der Waals surface area contributed by atoms with Crippen LogP contribution in [0, 0.1) is 0 Å². The average Bonchev–Trinajstić information content (AvgIpc) is 3.18. The van der Waals surface area contributed by atoms with E-state index in [1.165, 1.54) is 24.4 Å². The minimum absolute atomic E-state index is 0.0876. The van der Waals surface area contributed by atoms with Gasteiger partial charge in [0.2, 0.25) is 0 Å². The van der Waals surface area contributed by atoms with Crippen molar-refractivity contribution in [2.45, 2.75) is 84.5 Å². The van der Waals surface area contributed by atoms with Gasteiger partial charge in [0.05, 0.1) is 16.9 Å². The highest BCUT2D eigenvalue weighted by molar-refractivity contribution is 7.99. The molecule has 0 spiro atoms. The molecule has 0 bridgehead atoms. The van der Waals surface area contributed by atoms with Gasteiger partial charge in [0.15, 0.2) is 0 Å². The van der Waals surface area contributed by atoms with Crippen molar-refractivity contribution in [1.29, 1.82) is 0 Å². The van der Waals surface area contributed by atoms with Crippen LogP contribution in [0.4, 0.5) is 24.5 Å². The molecule has 1 aromatic heterocycles. The fourth-order valence-corrected chi connectivity index (χ4v) is 6.09. The fraction of sp³-hybridized carbons (Fsp3) is 0.381. The van der Waals surface area contributed by atoms with Gasteiger partial charge in [-0.05, 0) is 86.0 Å². The summed E-state index contributed by atoms with van der Waals surface area (Å²) >= 11 is 1.71. The molecule has 4 aromatic rings. The van der Waals surface area contributed by atoms with E-state index >= 15 is 0 Å². The number of carboxylic acid groups (broad SMARTS) is 1. The number of nitrogens with one attached hydrogen (secondary N) is 2. The van der Waals surface area contributed by atoms with Crippen molar-refractivity contribution in [2.24, 2.45) is 0 Å². The monoisotopic (exact) mass is 782 g/mol. The van der Waals surface area contributed by atoms with Crippen LogP contribution in [0.3, 0.4) is 0 Å². The molecule has 4 N–H and O–H groups in total. The summed E-state index contributed by atoms with van der Waals surface area (Å²) in [6.45, 7) is 15.4. The molecule has 1 heterocycles. The van der Waals surface area contributed by atoms with Gasteiger partial charge in [0.25, 0.3) is 11.8 Å². The lowest BCUT2D eigenvalue weighted by Crippen LogP contribution is -2.23. The Morgan fingerprint density at radius 1 is 0.836 bits per heavy atom. The highest BCUT2D eigenvalue weighted by Gasteiger charge is 2.30. The van der Waals surface area contributed by atoms with Gasteiger partial charge in [-0.3, -0.25) is 19.4 Å². The number of hydrogen-bond donors (Lipinski definition) is 4. The van der Waals surface area contributed by atoms with Gasteiger partial charge in [-0.15, -0.1) is 0 Å². The number of aromatic nitrogens is 1. The van der Waals surface area contributed by atoms with Crippen LogP contribution in [0.5, 0.6) is 0 Å². The molecule has 0 aliphatic rings. The molecule has 9 nitrogen and oxygen atoms in total. The molecule has 0 atom stereocenters. The number of carbonyl (C=O) groups is 3. The maximum absolute atomic E-state index is 13.5. The highest BCUT2D eigenvalue weighted by atomic mass is 32.2. The standard InChI is InChI=1S/C37H41F3N4O3S.C3H6O2.C2H6/c1-5-44(6-2)30-13-14-32(43-35(47)27-11-7-10-26(19-27)24-48-36(3,4)16-18-45)31(22-30)33-21-28(15-17-41-33)34(46)42-23-25-9-8-12-29(20-25)37(38,39)40;1-2-3(4)5;1-2/h7-15,17,19-22,45H,5-6,16,18,23-24H2,1-4H3,(H,42,46)(H,43,47);2H2,1H3,(H,4,5);1-2H3. The Hall–Kier alpha value is -4.88. The number of benzene rings is 3. The minimum Gasteiger partial charge on any atom is -0.481 e. The number of nitrogens with zero attached hydrogens (tertiary/aromatic N) is 2. The van der Waals surface area contributed by atoms with Crippen LogP contribution in [0.25, 0.3) is 11.3 Å². The SMILES string of the molecule is CC.CCC(=O)O.CCN(CC)c1ccc(NC(=O)c2cccc(CSC(C)(C)CCO)c2)c(-c2cc(C(=O)NCc3cccc(C(F)(F)F)c3)ccn2)c1. The van der Waals surface area contributed by atoms with Crippen LogP contribution in [0.2, 0.25) is 0 Å². The third kappa shape index (κ3) is 15.1. The molecule has 4 rings (SSSR count). The number of thioether (sulfide) groups is 1. The first kappa shape index (κ1) is 46.3. The highest BCUT2D eigenvalue weighted by Crippen LogP contribution is 2.34. The van der Waals surface area contributed by atoms with Crippen LogP contribution >= 0.6 is 11.8 Å². The van der Waals surface area contributed by atoms with E-state index in [0.29, 0.717) is 40.2 Å². The number of carbonyl (C=O) groups excluding carboxylic acids is 2. The van der Waals surface area contributed by atoms with E-state index in [9.17, 15) is 32.7 Å². The number of aliphatic carboxylic acids is 1. The normalized spacial score (nSPS) is 11.0. The average molecular weight is 783 g/mol. The number of aliphatic hydroxyl groups is 1. The van der Waals surface area contributed by atoms with Crippen LogP contribution < -0.4 is 15.5 Å². The van der Waals surface area contributed by atoms with E-state index in [0.717, 1.165) is 36.5 Å². The van der Waals surface area contributed by atoms with Gasteiger partial charge in [-0.25, -0.2) is 0 Å². The van der Waals surface area contributed by atoms with E-state index < -0.39 is 23.6 Å². The van der Waals surface area contributed by atoms with Gasteiger partial charge in [0.1, 0.15) is 0 Å². The van der Waals surface area contributed by atoms with Gasteiger partial charge in [0, 0.05) is 71.7 Å². The van der Waals surface area contributed by atoms with Crippen molar-refractivity contribution in [1.82, 2.24) is 10.3 Å². The maximum Gasteiger partial charge on any atom is 0.416 e. The lowest BCUT2D eigenvalue weighted by Gasteiger charge is -2.23. The molecular weight excluding hydrogens is 730 g/mol. The van der Waals surface area contributed by atoms with Crippen molar-refractivity contribution in [3.8, 4) is 11.3 Å². The number of alkyl halides is 3. The fourth-order valence-electron chi connectivity index (χ4n) is 5.12. The summed E-state index contributed by atoms with van der Waals surface area (Å²) < 4.78 is 39.3. The summed E-state index contributed by atoms with van der Waals surface area (Å²) in [6.07, 6.45) is -2.10. The third-order valence-electron chi connectivity index (χ3n) is 8.22. The van der Waals surface area contributed by atoms with E-state index in [1.807, 2.05) is 64.1 Å². The summed E-state index contributed by atoms with van der Waals surface area (Å²) in [7, 11) is 0. The van der Waals surface area contributed by atoms with Crippen molar-refractivity contribution in [3.05, 3.63) is 113 Å². The summed E-state index contributed by atoms with van der Waals surface area (Å²) in [6, 6.07) is 21.0. The first-order chi connectivity index (χ1) is 26.1. The summed E-state index contributed by atoms with van der Waals surface area (Å²) in [5.41, 5.74) is 3.76. The van der Waals surface area contributed by atoms with Crippen LogP contribution in [-0.2, 0) is 23.3 Å². The lowest BCUT2D eigenvalue weighted by atomic mass is 10.0. The first-order valence-corrected chi connectivity index (χ1v) is 19.3. The molecule has 0 radical (unpaired) electrons. The summed E-state index contributed by atoms with van der Waals surface area (Å²) in [5, 5.41) is 22.8. The lowest BCUT2D eigenvalue weighted by molar-refractivity contribution is -0.138. The number of halogens is 3. The Labute approximate surface area is 326 Å². The van der Waals surface area contributed by atoms with Gasteiger partial charge in [-0.1, -0.05) is 58.9 Å². The van der Waals surface area contributed by atoms with Crippen molar-refractivity contribution >= 4 is 40.9 Å². The topological polar surface area (TPSA) is 132 Å². The van der Waals surface area contributed by atoms with Crippen LogP contribution in [0.15, 0.2) is 85.1 Å². The number of rotatable bonds is 15. The van der Waals surface area contributed by atoms with Gasteiger partial charge < -0.3 is 25.7 Å². The summed E-state index contributed by atoms with van der Waals surface area (Å²) in [4.78, 5) is 42.7. The Balaban J connectivity index is 0.00000138. The predicted octanol–water partition coefficient (Wildman–Crippen LogP) is 9.70. The second-order valence-electron chi connectivity index (χ2n) is 12.6. The molecule has 2 amide bonds. The van der Waals surface area contributed by atoms with E-state index in [-0.39, 0.29) is 35.8 Å². The maximum atomic E-state index is 13.5. The largest absolute Gasteiger partial charge is 0.481 e. The van der Waals surface area contributed by atoms with Crippen molar-refractivity contribution < 1.29 is 37.8 Å². The molecule has 298 valence electrons. The molecule has 13 heteroatoms. The van der Waals surface area contributed by atoms with Gasteiger partial charge >= 0.3 is 12.1 Å². The van der Waals surface area contributed by atoms with E-state index in [2.05, 4.69) is 34.4 Å². The molecule has 55 heavy (non-hydrogen) atoms. The molecular formula is C42H53F3N4O5S. The van der Waals surface area contributed by atoms with Gasteiger partial charge in [-0.2, -0.15) is 24.9 Å². The minimum atomic E-state index is -4.48. The van der Waals surface area contributed by atoms with E-state index in [4.69, 9.17) is 5.11 Å². The Morgan fingerprint density at radius 3 is 2.09 bits per heavy atom. The third-order valence-corrected chi connectivity index (χ3v) is 9.68. The smallest absolute Gasteiger partial charge is 0.416 e. The molecule has 0 fully saturated rings. The molecule has 0 unspecified atom stereocenters. The molecule has 0 aliphatic carbocycles. The number of hydrogen-bond acceptors (Lipinski definition) is 7. The molecule has 0 aliphatic heterocycles. The molecule has 3 aromatic carbocycles. The van der Waals surface area contributed by atoms with Crippen LogP contribution in [0.1, 0.15) is 98.7 Å². The van der Waals surface area contributed by atoms with Crippen LogP contribution in [-0.4, -0.2) is 57.4 Å². The quantitative estimate of drug-likeness (QED) is 0.0938. The molecule has 0 saturated carbocycles. The predicted molar refractivity (Wildman–Crippen MR) is 217 cm³/mol.